The second kappa shape index (κ2) is 7.73. The number of anilines is 1. The Kier molecular flexibility index (Phi) is 5.68. The van der Waals surface area contributed by atoms with Crippen molar-refractivity contribution in [2.75, 3.05) is 26.6 Å². The summed E-state index contributed by atoms with van der Waals surface area (Å²) in [6, 6.07) is 11.0. The van der Waals surface area contributed by atoms with Crippen molar-refractivity contribution >= 4 is 11.6 Å². The van der Waals surface area contributed by atoms with Crippen molar-refractivity contribution < 1.29 is 19.0 Å². The minimum atomic E-state index is -0.188. The average Bonchev–Trinajstić information content (AvgIpc) is 2.60. The third-order valence-corrected chi connectivity index (χ3v) is 3.74. The molecular weight excluding hydrogens is 306 g/mol. The van der Waals surface area contributed by atoms with Crippen molar-refractivity contribution in [3.05, 3.63) is 47.5 Å². The maximum atomic E-state index is 12.5. The minimum Gasteiger partial charge on any atom is -0.493 e. The maximum Gasteiger partial charge on any atom is 0.255 e. The second-order valence-electron chi connectivity index (χ2n) is 5.65. The highest BCUT2D eigenvalue weighted by Crippen LogP contribution is 2.40. The highest BCUT2D eigenvalue weighted by atomic mass is 16.5. The molecule has 1 N–H and O–H groups in total. The van der Waals surface area contributed by atoms with E-state index in [1.54, 1.807) is 18.2 Å². The first-order valence-electron chi connectivity index (χ1n) is 7.71. The Hall–Kier alpha value is -2.69. The van der Waals surface area contributed by atoms with E-state index in [1.165, 1.54) is 21.3 Å². The van der Waals surface area contributed by atoms with Crippen LogP contribution in [-0.4, -0.2) is 27.2 Å². The van der Waals surface area contributed by atoms with Crippen LogP contribution >= 0.6 is 0 Å². The molecule has 0 unspecified atom stereocenters. The molecule has 1 amide bonds. The van der Waals surface area contributed by atoms with Gasteiger partial charge in [-0.3, -0.25) is 4.79 Å². The zero-order valence-corrected chi connectivity index (χ0v) is 14.7. The molecule has 2 aromatic carbocycles. The van der Waals surface area contributed by atoms with Gasteiger partial charge in [0, 0.05) is 23.4 Å². The Morgan fingerprint density at radius 2 is 1.58 bits per heavy atom. The van der Waals surface area contributed by atoms with Crippen molar-refractivity contribution in [2.24, 2.45) is 0 Å². The van der Waals surface area contributed by atoms with E-state index in [2.05, 4.69) is 19.2 Å². The molecule has 0 atom stereocenters. The summed E-state index contributed by atoms with van der Waals surface area (Å²) in [6.07, 6.45) is 0. The predicted molar refractivity (Wildman–Crippen MR) is 94.6 cm³/mol. The molecule has 5 nitrogen and oxygen atoms in total. The van der Waals surface area contributed by atoms with Gasteiger partial charge in [-0.1, -0.05) is 26.0 Å². The van der Waals surface area contributed by atoms with Crippen LogP contribution in [-0.2, 0) is 0 Å². The van der Waals surface area contributed by atoms with Crippen LogP contribution in [0.15, 0.2) is 36.4 Å². The smallest absolute Gasteiger partial charge is 0.255 e. The molecule has 0 aliphatic carbocycles. The summed E-state index contributed by atoms with van der Waals surface area (Å²) in [5, 5.41) is 2.87. The third-order valence-electron chi connectivity index (χ3n) is 3.74. The molecule has 5 heteroatoms. The average molecular weight is 329 g/mol. The van der Waals surface area contributed by atoms with Gasteiger partial charge in [-0.15, -0.1) is 0 Å². The van der Waals surface area contributed by atoms with E-state index in [9.17, 15) is 4.79 Å². The summed E-state index contributed by atoms with van der Waals surface area (Å²) in [5.41, 5.74) is 2.30. The summed E-state index contributed by atoms with van der Waals surface area (Å²) in [4.78, 5) is 12.5. The molecule has 0 aliphatic rings. The number of hydrogen-bond donors (Lipinski definition) is 1. The number of amides is 1. The number of rotatable bonds is 6. The van der Waals surface area contributed by atoms with E-state index in [4.69, 9.17) is 14.2 Å². The van der Waals surface area contributed by atoms with Gasteiger partial charge in [-0.25, -0.2) is 0 Å². The van der Waals surface area contributed by atoms with Gasteiger partial charge in [0.25, 0.3) is 5.91 Å². The van der Waals surface area contributed by atoms with E-state index in [0.717, 1.165) is 5.56 Å². The first kappa shape index (κ1) is 17.7. The fraction of sp³-hybridized carbons (Fsp3) is 0.316. The zero-order chi connectivity index (χ0) is 17.7. The molecule has 0 fully saturated rings. The third kappa shape index (κ3) is 3.79. The fourth-order valence-electron chi connectivity index (χ4n) is 2.40. The van der Waals surface area contributed by atoms with Crippen LogP contribution < -0.4 is 19.5 Å². The van der Waals surface area contributed by atoms with Crippen molar-refractivity contribution in [3.8, 4) is 17.2 Å². The van der Waals surface area contributed by atoms with Gasteiger partial charge in [0.2, 0.25) is 5.75 Å². The molecule has 0 heterocycles. The first-order valence-corrected chi connectivity index (χ1v) is 7.71. The molecule has 0 bridgehead atoms. The topological polar surface area (TPSA) is 56.8 Å². The SMILES string of the molecule is COc1cc(NC(=O)c2cccc(C(C)C)c2)cc(OC)c1OC. The van der Waals surface area contributed by atoms with Crippen LogP contribution in [0.25, 0.3) is 0 Å². The lowest BCUT2D eigenvalue weighted by Crippen LogP contribution is -2.12. The van der Waals surface area contributed by atoms with Gasteiger partial charge in [0.1, 0.15) is 0 Å². The highest BCUT2D eigenvalue weighted by molar-refractivity contribution is 6.04. The van der Waals surface area contributed by atoms with Crippen LogP contribution in [0.1, 0.15) is 35.7 Å². The fourth-order valence-corrected chi connectivity index (χ4v) is 2.40. The van der Waals surface area contributed by atoms with Crippen molar-refractivity contribution in [1.82, 2.24) is 0 Å². The normalized spacial score (nSPS) is 10.4. The highest BCUT2D eigenvalue weighted by Gasteiger charge is 2.15. The molecule has 24 heavy (non-hydrogen) atoms. The molecule has 0 aromatic heterocycles. The molecule has 2 aromatic rings. The van der Waals surface area contributed by atoms with Gasteiger partial charge in [0.15, 0.2) is 11.5 Å². The Bertz CT molecular complexity index is 700. The summed E-state index contributed by atoms with van der Waals surface area (Å²) in [6.45, 7) is 4.19. The number of methoxy groups -OCH3 is 3. The molecule has 0 saturated heterocycles. The van der Waals surface area contributed by atoms with Gasteiger partial charge >= 0.3 is 0 Å². The number of carbonyl (C=O) groups is 1. The quantitative estimate of drug-likeness (QED) is 0.867. The lowest BCUT2D eigenvalue weighted by molar-refractivity contribution is 0.102. The van der Waals surface area contributed by atoms with Gasteiger partial charge in [0.05, 0.1) is 21.3 Å². The van der Waals surface area contributed by atoms with Crippen molar-refractivity contribution in [1.29, 1.82) is 0 Å². The minimum absolute atomic E-state index is 0.188. The Balaban J connectivity index is 2.30. The Labute approximate surface area is 142 Å². The Morgan fingerprint density at radius 1 is 0.958 bits per heavy atom. The summed E-state index contributed by atoms with van der Waals surface area (Å²) in [5.74, 6) is 1.64. The van der Waals surface area contributed by atoms with E-state index in [-0.39, 0.29) is 5.91 Å². The standard InChI is InChI=1S/C19H23NO4/c1-12(2)13-7-6-8-14(9-13)19(21)20-15-10-16(22-3)18(24-5)17(11-15)23-4/h6-12H,1-5H3,(H,20,21). The number of benzene rings is 2. The van der Waals surface area contributed by atoms with Crippen LogP contribution in [0, 0.1) is 0 Å². The summed E-state index contributed by atoms with van der Waals surface area (Å²) in [7, 11) is 4.61. The summed E-state index contributed by atoms with van der Waals surface area (Å²) < 4.78 is 15.9. The van der Waals surface area contributed by atoms with Crippen LogP contribution in [0.3, 0.4) is 0 Å². The van der Waals surface area contributed by atoms with Gasteiger partial charge in [-0.05, 0) is 23.6 Å². The monoisotopic (exact) mass is 329 g/mol. The lowest BCUT2D eigenvalue weighted by atomic mass is 10.0. The number of carbonyl (C=O) groups excluding carboxylic acids is 1. The van der Waals surface area contributed by atoms with Crippen LogP contribution in [0.2, 0.25) is 0 Å². The number of nitrogens with one attached hydrogen (secondary N) is 1. The molecule has 0 aliphatic heterocycles. The number of hydrogen-bond acceptors (Lipinski definition) is 4. The predicted octanol–water partition coefficient (Wildman–Crippen LogP) is 4.09. The number of ether oxygens (including phenoxy) is 3. The van der Waals surface area contributed by atoms with Gasteiger partial charge < -0.3 is 19.5 Å². The van der Waals surface area contributed by atoms with E-state index in [0.29, 0.717) is 34.4 Å². The van der Waals surface area contributed by atoms with E-state index in [1.807, 2.05) is 18.2 Å². The molecular formula is C19H23NO4. The van der Waals surface area contributed by atoms with Crippen LogP contribution in [0.5, 0.6) is 17.2 Å². The van der Waals surface area contributed by atoms with Crippen LogP contribution in [0.4, 0.5) is 5.69 Å². The van der Waals surface area contributed by atoms with Crippen molar-refractivity contribution in [3.63, 3.8) is 0 Å². The molecule has 0 radical (unpaired) electrons. The second-order valence-corrected chi connectivity index (χ2v) is 5.65. The van der Waals surface area contributed by atoms with Gasteiger partial charge in [-0.2, -0.15) is 0 Å². The summed E-state index contributed by atoms with van der Waals surface area (Å²) >= 11 is 0. The lowest BCUT2D eigenvalue weighted by Gasteiger charge is -2.15. The van der Waals surface area contributed by atoms with E-state index >= 15 is 0 Å². The zero-order valence-electron chi connectivity index (χ0n) is 14.7. The molecule has 0 spiro atoms. The molecule has 0 saturated carbocycles. The maximum absolute atomic E-state index is 12.5. The Morgan fingerprint density at radius 3 is 2.08 bits per heavy atom. The molecule has 128 valence electrons. The largest absolute Gasteiger partial charge is 0.493 e. The first-order chi connectivity index (χ1) is 11.5. The van der Waals surface area contributed by atoms with E-state index < -0.39 is 0 Å². The molecule has 2 rings (SSSR count). The van der Waals surface area contributed by atoms with Crippen molar-refractivity contribution in [2.45, 2.75) is 19.8 Å².